The molecule has 134 valence electrons. The first-order valence-corrected chi connectivity index (χ1v) is 9.57. The Morgan fingerprint density at radius 3 is 2.72 bits per heavy atom. The highest BCUT2D eigenvalue weighted by atomic mass is 16.3. The smallest absolute Gasteiger partial charge is 0.251 e. The fourth-order valence-corrected chi connectivity index (χ4v) is 4.06. The summed E-state index contributed by atoms with van der Waals surface area (Å²) >= 11 is 0. The molecule has 1 aliphatic heterocycles. The Balaban J connectivity index is 1.40. The molecule has 0 aromatic carbocycles. The highest BCUT2D eigenvalue weighted by molar-refractivity contribution is 5.63. The molecule has 1 aliphatic carbocycles. The van der Waals surface area contributed by atoms with Crippen LogP contribution in [0.25, 0.3) is 11.3 Å². The molecule has 4 rings (SSSR count). The van der Waals surface area contributed by atoms with Crippen LogP contribution in [0.1, 0.15) is 42.6 Å². The van der Waals surface area contributed by atoms with Crippen molar-refractivity contribution in [3.8, 4) is 11.3 Å². The van der Waals surface area contributed by atoms with Crippen LogP contribution in [0.2, 0.25) is 0 Å². The molecule has 0 amide bonds. The number of nitrogens with one attached hydrogen (secondary N) is 2. The van der Waals surface area contributed by atoms with Crippen molar-refractivity contribution in [1.29, 1.82) is 0 Å². The van der Waals surface area contributed by atoms with Crippen molar-refractivity contribution in [3.05, 3.63) is 45.6 Å². The lowest BCUT2D eigenvalue weighted by Gasteiger charge is -2.17. The minimum Gasteiger partial charge on any atom is -0.460 e. The summed E-state index contributed by atoms with van der Waals surface area (Å²) in [7, 11) is 0. The molecule has 2 aromatic rings. The quantitative estimate of drug-likeness (QED) is 0.793. The van der Waals surface area contributed by atoms with Crippen LogP contribution in [-0.2, 0) is 19.4 Å². The molecule has 5 nitrogen and oxygen atoms in total. The number of rotatable bonds is 6. The van der Waals surface area contributed by atoms with Gasteiger partial charge in [0.1, 0.15) is 11.5 Å². The summed E-state index contributed by atoms with van der Waals surface area (Å²) in [5, 5.41) is 3.47. The van der Waals surface area contributed by atoms with E-state index >= 15 is 0 Å². The van der Waals surface area contributed by atoms with E-state index in [2.05, 4.69) is 15.2 Å². The zero-order valence-electron chi connectivity index (χ0n) is 14.8. The van der Waals surface area contributed by atoms with Crippen molar-refractivity contribution in [1.82, 2.24) is 15.2 Å². The predicted molar refractivity (Wildman–Crippen MR) is 98.8 cm³/mol. The minimum absolute atomic E-state index is 0.0637. The number of aromatic nitrogens is 1. The normalized spacial score (nSPS) is 17.8. The van der Waals surface area contributed by atoms with E-state index in [4.69, 9.17) is 4.42 Å². The Hall–Kier alpha value is -1.85. The molecule has 5 heteroatoms. The Labute approximate surface area is 148 Å². The largest absolute Gasteiger partial charge is 0.460 e. The van der Waals surface area contributed by atoms with Crippen molar-refractivity contribution < 1.29 is 4.42 Å². The van der Waals surface area contributed by atoms with Gasteiger partial charge in [-0.15, -0.1) is 0 Å². The van der Waals surface area contributed by atoms with Crippen LogP contribution in [0.4, 0.5) is 0 Å². The van der Waals surface area contributed by atoms with Crippen LogP contribution >= 0.6 is 0 Å². The molecule has 0 bridgehead atoms. The molecular weight excluding hydrogens is 314 g/mol. The standard InChI is InChI=1S/C20H27N3O2/c24-20-17-6-2-1-5-16(17)18(14-22-20)19-8-7-15(25-19)13-21-9-12-23-10-3-4-11-23/h7-8,14,21H,1-6,9-13H2,(H,22,24). The number of likely N-dealkylation sites (tertiary alicyclic amines) is 1. The second kappa shape index (κ2) is 7.58. The average molecular weight is 341 g/mol. The number of aromatic amines is 1. The molecule has 0 saturated carbocycles. The maximum Gasteiger partial charge on any atom is 0.251 e. The van der Waals surface area contributed by atoms with Crippen LogP contribution in [0.3, 0.4) is 0 Å². The molecule has 1 fully saturated rings. The summed E-state index contributed by atoms with van der Waals surface area (Å²) in [5.74, 6) is 1.82. The molecule has 0 radical (unpaired) electrons. The van der Waals surface area contributed by atoms with Crippen molar-refractivity contribution in [3.63, 3.8) is 0 Å². The number of furan rings is 1. The van der Waals surface area contributed by atoms with Gasteiger partial charge in [-0.2, -0.15) is 0 Å². The third kappa shape index (κ3) is 3.72. The summed E-state index contributed by atoms with van der Waals surface area (Å²) in [6.07, 6.45) is 8.59. The monoisotopic (exact) mass is 341 g/mol. The first-order valence-electron chi connectivity index (χ1n) is 9.57. The molecule has 0 spiro atoms. The van der Waals surface area contributed by atoms with Crippen LogP contribution in [0.5, 0.6) is 0 Å². The number of pyridine rings is 1. The maximum absolute atomic E-state index is 12.0. The van der Waals surface area contributed by atoms with E-state index in [0.717, 1.165) is 68.0 Å². The lowest BCUT2D eigenvalue weighted by atomic mass is 9.89. The first kappa shape index (κ1) is 16.6. The van der Waals surface area contributed by atoms with Crippen LogP contribution in [-0.4, -0.2) is 36.1 Å². The Bertz CT molecular complexity index is 771. The zero-order chi connectivity index (χ0) is 17.1. The molecule has 3 heterocycles. The van der Waals surface area contributed by atoms with E-state index < -0.39 is 0 Å². The van der Waals surface area contributed by atoms with Gasteiger partial charge in [0.05, 0.1) is 6.54 Å². The summed E-state index contributed by atoms with van der Waals surface area (Å²) in [5.41, 5.74) is 3.25. The second-order valence-electron chi connectivity index (χ2n) is 7.19. The molecular formula is C20H27N3O2. The molecule has 2 N–H and O–H groups in total. The van der Waals surface area contributed by atoms with Gasteiger partial charge in [0.25, 0.3) is 5.56 Å². The number of nitrogens with zero attached hydrogens (tertiary/aromatic N) is 1. The summed E-state index contributed by atoms with van der Waals surface area (Å²) in [6.45, 7) is 5.33. The van der Waals surface area contributed by atoms with E-state index in [1.807, 2.05) is 18.3 Å². The first-order chi connectivity index (χ1) is 12.3. The second-order valence-corrected chi connectivity index (χ2v) is 7.19. The number of H-pyrrole nitrogens is 1. The third-order valence-electron chi connectivity index (χ3n) is 5.44. The molecule has 0 atom stereocenters. The van der Waals surface area contributed by atoms with Crippen molar-refractivity contribution in [2.75, 3.05) is 26.2 Å². The van der Waals surface area contributed by atoms with Crippen LogP contribution in [0.15, 0.2) is 27.5 Å². The molecule has 2 aromatic heterocycles. The van der Waals surface area contributed by atoms with E-state index in [0.29, 0.717) is 0 Å². The molecule has 1 saturated heterocycles. The van der Waals surface area contributed by atoms with Crippen molar-refractivity contribution in [2.45, 2.75) is 45.1 Å². The SMILES string of the molecule is O=c1[nH]cc(-c2ccc(CNCCN3CCCC3)o2)c2c1CCCC2. The predicted octanol–water partition coefficient (Wildman–Crippen LogP) is 2.70. The maximum atomic E-state index is 12.0. The highest BCUT2D eigenvalue weighted by Gasteiger charge is 2.19. The van der Waals surface area contributed by atoms with Gasteiger partial charge >= 0.3 is 0 Å². The Kier molecular flexibility index (Phi) is 5.04. The summed E-state index contributed by atoms with van der Waals surface area (Å²) < 4.78 is 6.05. The van der Waals surface area contributed by atoms with E-state index in [9.17, 15) is 4.79 Å². The van der Waals surface area contributed by atoms with Crippen LogP contribution < -0.4 is 10.9 Å². The zero-order valence-corrected chi connectivity index (χ0v) is 14.8. The van der Waals surface area contributed by atoms with Gasteiger partial charge in [-0.3, -0.25) is 4.79 Å². The molecule has 2 aliphatic rings. The summed E-state index contributed by atoms with van der Waals surface area (Å²) in [6, 6.07) is 4.07. The van der Waals surface area contributed by atoms with Gasteiger partial charge in [0.2, 0.25) is 0 Å². The number of hydrogen-bond donors (Lipinski definition) is 2. The molecule has 0 unspecified atom stereocenters. The van der Waals surface area contributed by atoms with Gasteiger partial charge in [0, 0.05) is 30.4 Å². The topological polar surface area (TPSA) is 61.3 Å². The Morgan fingerprint density at radius 1 is 1.08 bits per heavy atom. The third-order valence-corrected chi connectivity index (χ3v) is 5.44. The van der Waals surface area contributed by atoms with E-state index in [-0.39, 0.29) is 5.56 Å². The average Bonchev–Trinajstić information content (AvgIpc) is 3.31. The Morgan fingerprint density at radius 2 is 1.88 bits per heavy atom. The fraction of sp³-hybridized carbons (Fsp3) is 0.550. The van der Waals surface area contributed by atoms with Crippen LogP contribution in [0, 0.1) is 0 Å². The van der Waals surface area contributed by atoms with E-state index in [1.165, 1.54) is 31.5 Å². The lowest BCUT2D eigenvalue weighted by molar-refractivity contribution is 0.333. The van der Waals surface area contributed by atoms with Gasteiger partial charge in [-0.1, -0.05) is 0 Å². The highest BCUT2D eigenvalue weighted by Crippen LogP contribution is 2.30. The van der Waals surface area contributed by atoms with Gasteiger partial charge < -0.3 is 19.6 Å². The molecule has 25 heavy (non-hydrogen) atoms. The number of fused-ring (bicyclic) bond motifs is 1. The minimum atomic E-state index is 0.0637. The number of hydrogen-bond acceptors (Lipinski definition) is 4. The van der Waals surface area contributed by atoms with Gasteiger partial charge in [0.15, 0.2) is 0 Å². The summed E-state index contributed by atoms with van der Waals surface area (Å²) in [4.78, 5) is 17.4. The van der Waals surface area contributed by atoms with Crippen molar-refractivity contribution >= 4 is 0 Å². The van der Waals surface area contributed by atoms with Gasteiger partial charge in [-0.05, 0) is 69.3 Å². The lowest BCUT2D eigenvalue weighted by Crippen LogP contribution is -2.29. The van der Waals surface area contributed by atoms with E-state index in [1.54, 1.807) is 0 Å². The van der Waals surface area contributed by atoms with Crippen molar-refractivity contribution in [2.24, 2.45) is 0 Å². The van der Waals surface area contributed by atoms with Gasteiger partial charge in [-0.25, -0.2) is 0 Å². The fourth-order valence-electron chi connectivity index (χ4n) is 4.06.